The maximum Gasteiger partial charge on any atom is 0.433 e. The molecule has 0 fully saturated rings. The highest BCUT2D eigenvalue weighted by Gasteiger charge is 2.32. The second-order valence-corrected chi connectivity index (χ2v) is 4.08. The average molecular weight is 291 g/mol. The molecule has 0 atom stereocenters. The number of nitriles is 1. The van der Waals surface area contributed by atoms with Crippen molar-refractivity contribution in [1.82, 2.24) is 4.98 Å². The molecule has 2 rings (SSSR count). The lowest BCUT2D eigenvalue weighted by atomic mass is 10.2. The lowest BCUT2D eigenvalue weighted by Gasteiger charge is -2.07. The van der Waals surface area contributed by atoms with Crippen molar-refractivity contribution in [3.63, 3.8) is 0 Å². The fraction of sp³-hybridized carbons (Fsp3) is 0.0714. The molecule has 0 unspecified atom stereocenters. The van der Waals surface area contributed by atoms with E-state index in [1.54, 1.807) is 18.2 Å². The third-order valence-corrected chi connectivity index (χ3v) is 2.57. The molecule has 0 saturated carbocycles. The van der Waals surface area contributed by atoms with Crippen molar-refractivity contribution in [3.05, 3.63) is 59.4 Å². The molecule has 0 spiro atoms. The summed E-state index contributed by atoms with van der Waals surface area (Å²) in [6.45, 7) is 0. The van der Waals surface area contributed by atoms with Gasteiger partial charge in [0.2, 0.25) is 0 Å². The molecule has 7 heteroatoms. The molecule has 0 bridgehead atoms. The van der Waals surface area contributed by atoms with Crippen LogP contribution in [0.1, 0.15) is 21.6 Å². The first kappa shape index (κ1) is 14.5. The van der Waals surface area contributed by atoms with Crippen LogP contribution in [0.15, 0.2) is 42.6 Å². The first-order valence-corrected chi connectivity index (χ1v) is 5.75. The van der Waals surface area contributed by atoms with Crippen LogP contribution in [0, 0.1) is 11.3 Å². The number of pyridine rings is 1. The van der Waals surface area contributed by atoms with Gasteiger partial charge in [0.15, 0.2) is 0 Å². The number of aromatic nitrogens is 1. The molecule has 0 aliphatic heterocycles. The lowest BCUT2D eigenvalue weighted by Crippen LogP contribution is -2.14. The normalized spacial score (nSPS) is 10.8. The largest absolute Gasteiger partial charge is 0.433 e. The summed E-state index contributed by atoms with van der Waals surface area (Å²) in [5, 5.41) is 11.2. The number of carbonyl (C=O) groups excluding carboxylic acids is 1. The van der Waals surface area contributed by atoms with Crippen LogP contribution in [-0.2, 0) is 6.18 Å². The van der Waals surface area contributed by atoms with Crippen molar-refractivity contribution in [2.24, 2.45) is 0 Å². The van der Waals surface area contributed by atoms with Gasteiger partial charge < -0.3 is 5.32 Å². The standard InChI is InChI=1S/C14H8F3N3O/c15-14(16,17)12-5-4-10(8-19-12)13(21)20-11-3-1-2-9(6-11)7-18/h1-6,8H,(H,20,21). The van der Waals surface area contributed by atoms with Gasteiger partial charge in [0, 0.05) is 11.9 Å². The van der Waals surface area contributed by atoms with Crippen LogP contribution in [0.25, 0.3) is 0 Å². The number of anilines is 1. The maximum atomic E-state index is 12.4. The van der Waals surface area contributed by atoms with Gasteiger partial charge in [-0.1, -0.05) is 6.07 Å². The highest BCUT2D eigenvalue weighted by atomic mass is 19.4. The molecule has 1 N–H and O–H groups in total. The number of benzene rings is 1. The Morgan fingerprint density at radius 3 is 2.57 bits per heavy atom. The predicted molar refractivity (Wildman–Crippen MR) is 68.3 cm³/mol. The number of halogens is 3. The summed E-state index contributed by atoms with van der Waals surface area (Å²) >= 11 is 0. The van der Waals surface area contributed by atoms with E-state index in [1.807, 2.05) is 6.07 Å². The molecule has 21 heavy (non-hydrogen) atoms. The first-order chi connectivity index (χ1) is 9.90. The number of rotatable bonds is 2. The summed E-state index contributed by atoms with van der Waals surface area (Å²) < 4.78 is 37.1. The van der Waals surface area contributed by atoms with E-state index < -0.39 is 17.8 Å². The van der Waals surface area contributed by atoms with Crippen molar-refractivity contribution < 1.29 is 18.0 Å². The third kappa shape index (κ3) is 3.57. The van der Waals surface area contributed by atoms with Gasteiger partial charge in [0.25, 0.3) is 5.91 Å². The number of amides is 1. The predicted octanol–water partition coefficient (Wildman–Crippen LogP) is 3.22. The quantitative estimate of drug-likeness (QED) is 0.923. The second kappa shape index (κ2) is 5.63. The van der Waals surface area contributed by atoms with Gasteiger partial charge in [0.05, 0.1) is 17.2 Å². The van der Waals surface area contributed by atoms with Crippen LogP contribution < -0.4 is 5.32 Å². The average Bonchev–Trinajstić information content (AvgIpc) is 2.46. The number of nitrogens with zero attached hydrogens (tertiary/aromatic N) is 2. The molecule has 0 aliphatic carbocycles. The summed E-state index contributed by atoms with van der Waals surface area (Å²) in [4.78, 5) is 15.1. The molecule has 0 radical (unpaired) electrons. The van der Waals surface area contributed by atoms with Crippen LogP contribution in [0.3, 0.4) is 0 Å². The topological polar surface area (TPSA) is 65.8 Å². The van der Waals surface area contributed by atoms with Crippen LogP contribution in [0.5, 0.6) is 0 Å². The fourth-order valence-electron chi connectivity index (χ4n) is 1.57. The van der Waals surface area contributed by atoms with E-state index in [9.17, 15) is 18.0 Å². The van der Waals surface area contributed by atoms with Gasteiger partial charge in [0.1, 0.15) is 5.69 Å². The Morgan fingerprint density at radius 1 is 1.24 bits per heavy atom. The van der Waals surface area contributed by atoms with Crippen molar-refractivity contribution in [1.29, 1.82) is 5.26 Å². The minimum atomic E-state index is -4.55. The van der Waals surface area contributed by atoms with E-state index in [1.165, 1.54) is 6.07 Å². The highest BCUT2D eigenvalue weighted by Crippen LogP contribution is 2.27. The Labute approximate surface area is 117 Å². The summed E-state index contributed by atoms with van der Waals surface area (Å²) in [6.07, 6.45) is -3.69. The summed E-state index contributed by atoms with van der Waals surface area (Å²) in [7, 11) is 0. The van der Waals surface area contributed by atoms with Gasteiger partial charge in [-0.3, -0.25) is 9.78 Å². The van der Waals surface area contributed by atoms with E-state index >= 15 is 0 Å². The van der Waals surface area contributed by atoms with Gasteiger partial charge in [-0.2, -0.15) is 18.4 Å². The van der Waals surface area contributed by atoms with Crippen LogP contribution >= 0.6 is 0 Å². The zero-order chi connectivity index (χ0) is 15.5. The van der Waals surface area contributed by atoms with Crippen molar-refractivity contribution >= 4 is 11.6 Å². The van der Waals surface area contributed by atoms with Gasteiger partial charge in [-0.25, -0.2) is 0 Å². The molecule has 0 aliphatic rings. The van der Waals surface area contributed by atoms with Crippen molar-refractivity contribution in [2.75, 3.05) is 5.32 Å². The SMILES string of the molecule is N#Cc1cccc(NC(=O)c2ccc(C(F)(F)F)nc2)c1. The van der Waals surface area contributed by atoms with Crippen LogP contribution in [0.2, 0.25) is 0 Å². The minimum Gasteiger partial charge on any atom is -0.322 e. The third-order valence-electron chi connectivity index (χ3n) is 2.57. The molecule has 4 nitrogen and oxygen atoms in total. The molecular weight excluding hydrogens is 283 g/mol. The van der Waals surface area contributed by atoms with E-state index in [-0.39, 0.29) is 5.56 Å². The van der Waals surface area contributed by atoms with Gasteiger partial charge in [-0.05, 0) is 30.3 Å². The molecule has 1 amide bonds. The van der Waals surface area contributed by atoms with Crippen molar-refractivity contribution in [3.8, 4) is 6.07 Å². The monoisotopic (exact) mass is 291 g/mol. The minimum absolute atomic E-state index is 0.00893. The van der Waals surface area contributed by atoms with Crippen molar-refractivity contribution in [2.45, 2.75) is 6.18 Å². The van der Waals surface area contributed by atoms with Crippen LogP contribution in [-0.4, -0.2) is 10.9 Å². The zero-order valence-corrected chi connectivity index (χ0v) is 10.5. The highest BCUT2D eigenvalue weighted by molar-refractivity contribution is 6.04. The molecule has 1 aromatic carbocycles. The summed E-state index contributed by atoms with van der Waals surface area (Å²) in [5.74, 6) is -0.605. The smallest absolute Gasteiger partial charge is 0.322 e. The summed E-state index contributed by atoms with van der Waals surface area (Å²) in [5.41, 5.74) is -0.340. The Morgan fingerprint density at radius 2 is 2.00 bits per heavy atom. The van der Waals surface area contributed by atoms with E-state index in [4.69, 9.17) is 5.26 Å². The Hall–Kier alpha value is -2.88. The number of alkyl halides is 3. The Bertz CT molecular complexity index is 703. The lowest BCUT2D eigenvalue weighted by molar-refractivity contribution is -0.141. The molecule has 106 valence electrons. The summed E-state index contributed by atoms with van der Waals surface area (Å²) in [6, 6.07) is 9.86. The zero-order valence-electron chi connectivity index (χ0n) is 10.5. The van der Waals surface area contributed by atoms with E-state index in [2.05, 4.69) is 10.3 Å². The molecule has 1 aromatic heterocycles. The first-order valence-electron chi connectivity index (χ1n) is 5.75. The number of hydrogen-bond donors (Lipinski definition) is 1. The number of carbonyl (C=O) groups is 1. The van der Waals surface area contributed by atoms with E-state index in [0.717, 1.165) is 18.3 Å². The number of hydrogen-bond acceptors (Lipinski definition) is 3. The Balaban J connectivity index is 2.15. The molecule has 1 heterocycles. The van der Waals surface area contributed by atoms with Crippen LogP contribution in [0.4, 0.5) is 18.9 Å². The fourth-order valence-corrected chi connectivity index (χ4v) is 1.57. The molecular formula is C14H8F3N3O. The number of nitrogens with one attached hydrogen (secondary N) is 1. The molecule has 2 aromatic rings. The van der Waals surface area contributed by atoms with Gasteiger partial charge >= 0.3 is 6.18 Å². The molecule has 0 saturated heterocycles. The second-order valence-electron chi connectivity index (χ2n) is 4.08. The maximum absolute atomic E-state index is 12.4. The van der Waals surface area contributed by atoms with Gasteiger partial charge in [-0.15, -0.1) is 0 Å². The Kier molecular flexibility index (Phi) is 3.89. The van der Waals surface area contributed by atoms with E-state index in [0.29, 0.717) is 11.3 Å².